The van der Waals surface area contributed by atoms with Crippen LogP contribution in [0.5, 0.6) is 0 Å². The van der Waals surface area contributed by atoms with Gasteiger partial charge in [0.05, 0.1) is 4.92 Å². The van der Waals surface area contributed by atoms with Crippen LogP contribution in [0.2, 0.25) is 0 Å². The molecule has 150 valence electrons. The summed E-state index contributed by atoms with van der Waals surface area (Å²) in [5, 5.41) is 14.7. The third-order valence-electron chi connectivity index (χ3n) is 7.53. The van der Waals surface area contributed by atoms with Crippen LogP contribution < -0.4 is 5.32 Å². The first kappa shape index (κ1) is 18.3. The third kappa shape index (κ3) is 3.39. The van der Waals surface area contributed by atoms with E-state index in [2.05, 4.69) is 15.1 Å². The van der Waals surface area contributed by atoms with E-state index in [-0.39, 0.29) is 10.6 Å². The van der Waals surface area contributed by atoms with E-state index in [4.69, 9.17) is 12.2 Å². The lowest BCUT2D eigenvalue weighted by Gasteiger charge is -2.58. The number of benzene rings is 1. The van der Waals surface area contributed by atoms with E-state index < -0.39 is 0 Å². The molecule has 6 rings (SSSR count). The highest BCUT2D eigenvalue weighted by molar-refractivity contribution is 7.80. The second-order valence-corrected chi connectivity index (χ2v) is 9.57. The fourth-order valence-electron chi connectivity index (χ4n) is 6.58. The van der Waals surface area contributed by atoms with Crippen LogP contribution >= 0.6 is 12.2 Å². The molecule has 5 fully saturated rings. The van der Waals surface area contributed by atoms with Gasteiger partial charge >= 0.3 is 0 Å². The molecule has 1 aromatic carbocycles. The van der Waals surface area contributed by atoms with Gasteiger partial charge in [-0.3, -0.25) is 15.0 Å². The smallest absolute Gasteiger partial charge is 0.269 e. The van der Waals surface area contributed by atoms with Crippen molar-refractivity contribution in [3.8, 4) is 0 Å². The Morgan fingerprint density at radius 2 is 1.54 bits per heavy atom. The fourth-order valence-corrected chi connectivity index (χ4v) is 6.89. The van der Waals surface area contributed by atoms with Crippen LogP contribution in [0, 0.1) is 33.8 Å². The van der Waals surface area contributed by atoms with Crippen molar-refractivity contribution in [2.24, 2.45) is 23.7 Å². The molecule has 1 heterocycles. The zero-order valence-electron chi connectivity index (χ0n) is 16.1. The summed E-state index contributed by atoms with van der Waals surface area (Å²) in [6.07, 6.45) is 7.39. The minimum Gasteiger partial charge on any atom is -0.346 e. The maximum absolute atomic E-state index is 10.8. The molecular weight excluding hydrogens is 372 g/mol. The molecule has 4 aliphatic carbocycles. The molecule has 5 aliphatic rings. The number of thiocarbonyl (C=S) groups is 1. The Labute approximate surface area is 171 Å². The number of piperazine rings is 1. The largest absolute Gasteiger partial charge is 0.346 e. The van der Waals surface area contributed by atoms with Crippen LogP contribution in [-0.4, -0.2) is 52.1 Å². The molecule has 7 heteroatoms. The van der Waals surface area contributed by atoms with E-state index in [0.717, 1.165) is 66.7 Å². The van der Waals surface area contributed by atoms with Gasteiger partial charge in [-0.05, 0) is 80.1 Å². The molecule has 6 nitrogen and oxygen atoms in total. The van der Waals surface area contributed by atoms with Gasteiger partial charge in [0.1, 0.15) is 0 Å². The molecule has 0 amide bonds. The van der Waals surface area contributed by atoms with E-state index in [1.165, 1.54) is 44.2 Å². The van der Waals surface area contributed by atoms with Gasteiger partial charge in [0, 0.05) is 50.0 Å². The summed E-state index contributed by atoms with van der Waals surface area (Å²) >= 11 is 5.60. The highest BCUT2D eigenvalue weighted by Crippen LogP contribution is 2.55. The minimum atomic E-state index is -0.384. The molecule has 4 bridgehead atoms. The molecule has 4 saturated carbocycles. The Morgan fingerprint density at radius 1 is 0.964 bits per heavy atom. The molecule has 0 unspecified atom stereocenters. The van der Waals surface area contributed by atoms with E-state index in [9.17, 15) is 10.1 Å². The predicted molar refractivity (Wildman–Crippen MR) is 113 cm³/mol. The van der Waals surface area contributed by atoms with Crippen molar-refractivity contribution in [2.45, 2.75) is 38.1 Å². The fraction of sp³-hybridized carbons (Fsp3) is 0.667. The SMILES string of the molecule is O=[N+]([O-])c1ccc(NC(=S)N2CCN(C3C4CC5CC(C4)CC3C5)CC2)cc1. The van der Waals surface area contributed by atoms with Gasteiger partial charge in [0.2, 0.25) is 0 Å². The Morgan fingerprint density at radius 3 is 2.07 bits per heavy atom. The van der Waals surface area contributed by atoms with Gasteiger partial charge in [-0.1, -0.05) is 0 Å². The van der Waals surface area contributed by atoms with E-state index in [1.807, 2.05) is 0 Å². The van der Waals surface area contributed by atoms with Gasteiger partial charge < -0.3 is 10.2 Å². The summed E-state index contributed by atoms with van der Waals surface area (Å²) in [4.78, 5) is 15.4. The lowest BCUT2D eigenvalue weighted by molar-refractivity contribution is -0.384. The maximum atomic E-state index is 10.8. The average Bonchev–Trinajstić information content (AvgIpc) is 2.68. The number of hydrogen-bond acceptors (Lipinski definition) is 4. The van der Waals surface area contributed by atoms with Crippen molar-refractivity contribution in [1.82, 2.24) is 9.80 Å². The zero-order valence-corrected chi connectivity index (χ0v) is 16.9. The number of non-ortho nitro benzene ring substituents is 1. The van der Waals surface area contributed by atoms with Crippen LogP contribution in [-0.2, 0) is 0 Å². The first-order valence-corrected chi connectivity index (χ1v) is 11.0. The number of anilines is 1. The minimum absolute atomic E-state index is 0.0979. The maximum Gasteiger partial charge on any atom is 0.269 e. The van der Waals surface area contributed by atoms with Gasteiger partial charge in [0.25, 0.3) is 5.69 Å². The summed E-state index contributed by atoms with van der Waals surface area (Å²) in [5.74, 6) is 3.93. The summed E-state index contributed by atoms with van der Waals surface area (Å²) < 4.78 is 0. The number of nitro benzene ring substituents is 1. The Balaban J connectivity index is 1.16. The lowest BCUT2D eigenvalue weighted by Crippen LogP contribution is -2.60. The molecule has 0 atom stereocenters. The molecule has 0 spiro atoms. The second-order valence-electron chi connectivity index (χ2n) is 9.18. The van der Waals surface area contributed by atoms with Crippen molar-refractivity contribution in [3.05, 3.63) is 34.4 Å². The summed E-state index contributed by atoms with van der Waals surface area (Å²) in [5.41, 5.74) is 0.903. The molecule has 1 aromatic rings. The van der Waals surface area contributed by atoms with E-state index in [0.29, 0.717) is 0 Å². The summed E-state index contributed by atoms with van der Waals surface area (Å²) in [6.45, 7) is 4.10. The predicted octanol–water partition coefficient (Wildman–Crippen LogP) is 3.73. The molecule has 1 N–H and O–H groups in total. The van der Waals surface area contributed by atoms with Crippen LogP contribution in [0.25, 0.3) is 0 Å². The molecular formula is C21H28N4O2S. The number of nitrogens with zero attached hydrogens (tertiary/aromatic N) is 3. The number of nitrogens with one attached hydrogen (secondary N) is 1. The van der Waals surface area contributed by atoms with Crippen molar-refractivity contribution in [1.29, 1.82) is 0 Å². The van der Waals surface area contributed by atoms with Gasteiger partial charge in [-0.2, -0.15) is 0 Å². The van der Waals surface area contributed by atoms with Gasteiger partial charge in [-0.15, -0.1) is 0 Å². The van der Waals surface area contributed by atoms with Gasteiger partial charge in [0.15, 0.2) is 5.11 Å². The highest BCUT2D eigenvalue weighted by Gasteiger charge is 2.50. The Kier molecular flexibility index (Phi) is 4.75. The van der Waals surface area contributed by atoms with E-state index in [1.54, 1.807) is 12.1 Å². The van der Waals surface area contributed by atoms with Crippen molar-refractivity contribution >= 4 is 28.7 Å². The highest BCUT2D eigenvalue weighted by atomic mass is 32.1. The molecule has 0 aromatic heterocycles. The van der Waals surface area contributed by atoms with Crippen LogP contribution in [0.4, 0.5) is 11.4 Å². The monoisotopic (exact) mass is 400 g/mol. The molecule has 28 heavy (non-hydrogen) atoms. The van der Waals surface area contributed by atoms with Crippen molar-refractivity contribution in [3.63, 3.8) is 0 Å². The first-order valence-electron chi connectivity index (χ1n) is 10.6. The van der Waals surface area contributed by atoms with Crippen LogP contribution in [0.1, 0.15) is 32.1 Å². The topological polar surface area (TPSA) is 61.7 Å². The van der Waals surface area contributed by atoms with Gasteiger partial charge in [-0.25, -0.2) is 0 Å². The average molecular weight is 401 g/mol. The number of hydrogen-bond donors (Lipinski definition) is 1. The normalized spacial score (nSPS) is 34.4. The number of rotatable bonds is 3. The van der Waals surface area contributed by atoms with Crippen LogP contribution in [0.15, 0.2) is 24.3 Å². The zero-order chi connectivity index (χ0) is 19.3. The first-order chi connectivity index (χ1) is 13.6. The van der Waals surface area contributed by atoms with Crippen molar-refractivity contribution < 1.29 is 4.92 Å². The third-order valence-corrected chi connectivity index (χ3v) is 7.89. The van der Waals surface area contributed by atoms with E-state index >= 15 is 0 Å². The second kappa shape index (κ2) is 7.26. The summed E-state index contributed by atoms with van der Waals surface area (Å²) in [7, 11) is 0. The Bertz CT molecular complexity index is 732. The van der Waals surface area contributed by atoms with Crippen LogP contribution in [0.3, 0.4) is 0 Å². The lowest BCUT2D eigenvalue weighted by atomic mass is 9.54. The molecule has 1 aliphatic heterocycles. The molecule has 1 saturated heterocycles. The number of nitro groups is 1. The standard InChI is InChI=1S/C21H28N4O2S/c26-25(27)19-3-1-18(2-4-19)22-21(28)24-7-5-23(6-8-24)20-16-10-14-9-15(12-16)13-17(20)11-14/h1-4,14-17,20H,5-13H2,(H,22,28). The Hall–Kier alpha value is -1.73. The summed E-state index contributed by atoms with van der Waals surface area (Å²) in [6, 6.07) is 7.26. The quantitative estimate of drug-likeness (QED) is 0.474. The molecule has 0 radical (unpaired) electrons. The van der Waals surface area contributed by atoms with Crippen molar-refractivity contribution in [2.75, 3.05) is 31.5 Å².